The van der Waals surface area contributed by atoms with Crippen molar-refractivity contribution in [3.63, 3.8) is 0 Å². The molecule has 2 aromatic rings. The highest BCUT2D eigenvalue weighted by Gasteiger charge is 2.09. The van der Waals surface area contributed by atoms with E-state index in [4.69, 9.17) is 15.5 Å². The molecule has 3 N–H and O–H groups in total. The highest BCUT2D eigenvalue weighted by Crippen LogP contribution is 2.11. The minimum absolute atomic E-state index is 0.0995. The topological polar surface area (TPSA) is 127 Å². The molecule has 0 bridgehead atoms. The number of nitriles is 1. The van der Waals surface area contributed by atoms with Crippen LogP contribution in [-0.4, -0.2) is 28.6 Å². The number of carbonyl (C=O) groups excluding carboxylic acids is 1. The Kier molecular flexibility index (Phi) is 6.67. The Morgan fingerprint density at radius 1 is 1.08 bits per heavy atom. The summed E-state index contributed by atoms with van der Waals surface area (Å²) in [5.41, 5.74) is 1.96. The number of carboxylic acids is 2. The average Bonchev–Trinajstić information content (AvgIpc) is 2.56. The van der Waals surface area contributed by atoms with Crippen LogP contribution in [0, 0.1) is 18.3 Å². The smallest absolute Gasteiger partial charge is 0.335 e. The minimum atomic E-state index is -1.06. The van der Waals surface area contributed by atoms with E-state index in [0.717, 1.165) is 0 Å². The van der Waals surface area contributed by atoms with Gasteiger partial charge in [0, 0.05) is 5.69 Å². The van der Waals surface area contributed by atoms with Crippen LogP contribution in [0.3, 0.4) is 0 Å². The number of aromatic carboxylic acids is 2. The Labute approximate surface area is 137 Å². The van der Waals surface area contributed by atoms with Crippen molar-refractivity contribution in [3.05, 3.63) is 64.7 Å². The second kappa shape index (κ2) is 8.70. The number of hydrogen-bond acceptors (Lipinski definition) is 4. The van der Waals surface area contributed by atoms with E-state index >= 15 is 0 Å². The molecule has 0 spiro atoms. The van der Waals surface area contributed by atoms with Gasteiger partial charge in [-0.05, 0) is 55.0 Å². The fourth-order valence-electron chi connectivity index (χ4n) is 1.75. The van der Waals surface area contributed by atoms with E-state index in [1.165, 1.54) is 18.2 Å². The first-order valence-corrected chi connectivity index (χ1v) is 6.66. The van der Waals surface area contributed by atoms with E-state index < -0.39 is 11.9 Å². The molecule has 0 fully saturated rings. The zero-order chi connectivity index (χ0) is 18.1. The van der Waals surface area contributed by atoms with Crippen LogP contribution < -0.4 is 5.32 Å². The highest BCUT2D eigenvalue weighted by molar-refractivity contribution is 5.93. The number of rotatable bonds is 4. The molecule has 24 heavy (non-hydrogen) atoms. The molecule has 0 atom stereocenters. The summed E-state index contributed by atoms with van der Waals surface area (Å²) in [5, 5.41) is 28.1. The zero-order valence-corrected chi connectivity index (χ0v) is 12.7. The quantitative estimate of drug-likeness (QED) is 0.741. The summed E-state index contributed by atoms with van der Waals surface area (Å²) in [6.45, 7) is 1.57. The van der Waals surface area contributed by atoms with Crippen molar-refractivity contribution >= 4 is 24.0 Å². The number of nitrogens with zero attached hydrogens (tertiary/aromatic N) is 1. The van der Waals surface area contributed by atoms with Crippen molar-refractivity contribution in [3.8, 4) is 6.07 Å². The van der Waals surface area contributed by atoms with Crippen LogP contribution in [0.25, 0.3) is 0 Å². The molecular formula is C17H14N2O5. The summed E-state index contributed by atoms with van der Waals surface area (Å²) in [7, 11) is 0. The van der Waals surface area contributed by atoms with Gasteiger partial charge in [-0.15, -0.1) is 0 Å². The molecule has 0 aliphatic rings. The molecule has 2 aromatic carbocycles. The second-order valence-electron chi connectivity index (χ2n) is 4.59. The molecule has 122 valence electrons. The van der Waals surface area contributed by atoms with Crippen molar-refractivity contribution in [2.75, 3.05) is 5.32 Å². The third kappa shape index (κ3) is 5.27. The molecule has 2 rings (SSSR count). The molecule has 0 heterocycles. The summed E-state index contributed by atoms with van der Waals surface area (Å²) >= 11 is 0. The van der Waals surface area contributed by atoms with E-state index in [2.05, 4.69) is 5.32 Å². The molecule has 0 radical (unpaired) electrons. The van der Waals surface area contributed by atoms with Gasteiger partial charge in [0.05, 0.1) is 22.8 Å². The van der Waals surface area contributed by atoms with Gasteiger partial charge in [-0.1, -0.05) is 0 Å². The number of carboxylic acid groups (broad SMARTS) is 2. The molecule has 0 saturated carbocycles. The Hall–Kier alpha value is -3.66. The maximum absolute atomic E-state index is 10.6. The van der Waals surface area contributed by atoms with Crippen molar-refractivity contribution in [1.29, 1.82) is 5.26 Å². The number of carbonyl (C=O) groups is 3. The fraction of sp³-hybridized carbons (Fsp3) is 0.0588. The number of nitrogens with one attached hydrogen (secondary N) is 1. The highest BCUT2D eigenvalue weighted by atomic mass is 16.4. The summed E-state index contributed by atoms with van der Waals surface area (Å²) in [4.78, 5) is 31.0. The van der Waals surface area contributed by atoms with E-state index in [9.17, 15) is 14.4 Å². The van der Waals surface area contributed by atoms with E-state index in [1.54, 1.807) is 31.2 Å². The number of benzene rings is 2. The van der Waals surface area contributed by atoms with Crippen LogP contribution in [-0.2, 0) is 4.79 Å². The predicted octanol–water partition coefficient (Wildman–Crippen LogP) is 2.52. The Morgan fingerprint density at radius 2 is 1.71 bits per heavy atom. The summed E-state index contributed by atoms with van der Waals surface area (Å²) < 4.78 is 0. The van der Waals surface area contributed by atoms with Gasteiger partial charge >= 0.3 is 11.9 Å². The summed E-state index contributed by atoms with van der Waals surface area (Å²) in [5.74, 6) is -2.10. The van der Waals surface area contributed by atoms with Crippen molar-refractivity contribution < 1.29 is 24.6 Å². The summed E-state index contributed by atoms with van der Waals surface area (Å²) in [6.07, 6.45) is 0.599. The maximum atomic E-state index is 10.6. The normalized spacial score (nSPS) is 9.00. The largest absolute Gasteiger partial charge is 0.478 e. The number of hydrogen-bond donors (Lipinski definition) is 3. The number of anilines is 1. The molecule has 7 nitrogen and oxygen atoms in total. The van der Waals surface area contributed by atoms with E-state index in [-0.39, 0.29) is 11.1 Å². The van der Waals surface area contributed by atoms with Crippen LogP contribution in [0.5, 0.6) is 0 Å². The first-order chi connectivity index (χ1) is 11.4. The third-order valence-corrected chi connectivity index (χ3v) is 2.94. The van der Waals surface area contributed by atoms with Gasteiger partial charge in [0.15, 0.2) is 0 Å². The van der Waals surface area contributed by atoms with E-state index in [1.807, 2.05) is 6.07 Å². The average molecular weight is 326 g/mol. The Morgan fingerprint density at radius 3 is 2.12 bits per heavy atom. The van der Waals surface area contributed by atoms with Gasteiger partial charge < -0.3 is 15.5 Å². The molecular weight excluding hydrogens is 312 g/mol. The van der Waals surface area contributed by atoms with Crippen LogP contribution >= 0.6 is 0 Å². The van der Waals surface area contributed by atoms with Crippen molar-refractivity contribution in [2.45, 2.75) is 6.92 Å². The maximum Gasteiger partial charge on any atom is 0.335 e. The number of aryl methyl sites for hydroxylation is 1. The second-order valence-corrected chi connectivity index (χ2v) is 4.59. The lowest BCUT2D eigenvalue weighted by Crippen LogP contribution is -2.03. The molecule has 7 heteroatoms. The predicted molar refractivity (Wildman–Crippen MR) is 85.9 cm³/mol. The lowest BCUT2D eigenvalue weighted by Gasteiger charge is -2.01. The molecule has 0 aliphatic carbocycles. The molecule has 0 aromatic heterocycles. The molecule has 1 amide bonds. The van der Waals surface area contributed by atoms with Gasteiger partial charge in [-0.25, -0.2) is 9.59 Å². The van der Waals surface area contributed by atoms with Crippen LogP contribution in [0.2, 0.25) is 0 Å². The minimum Gasteiger partial charge on any atom is -0.478 e. The number of amides is 1. The molecule has 0 unspecified atom stereocenters. The first kappa shape index (κ1) is 18.4. The van der Waals surface area contributed by atoms with Crippen LogP contribution in [0.4, 0.5) is 5.69 Å². The molecule has 0 aliphatic heterocycles. The van der Waals surface area contributed by atoms with Crippen molar-refractivity contribution in [2.24, 2.45) is 0 Å². The lowest BCUT2D eigenvalue weighted by atomic mass is 10.1. The zero-order valence-electron chi connectivity index (χ0n) is 12.7. The Bertz CT molecular complexity index is 792. The van der Waals surface area contributed by atoms with Gasteiger partial charge in [0.1, 0.15) is 0 Å². The van der Waals surface area contributed by atoms with Crippen LogP contribution in [0.1, 0.15) is 31.8 Å². The van der Waals surface area contributed by atoms with Gasteiger partial charge in [-0.3, -0.25) is 4.79 Å². The fourth-order valence-corrected chi connectivity index (χ4v) is 1.75. The SMILES string of the molecule is Cc1cc(C(=O)O)ccc1C(=O)O.N#Cc1ccc(NC=O)cc1. The van der Waals surface area contributed by atoms with Crippen molar-refractivity contribution in [1.82, 2.24) is 0 Å². The lowest BCUT2D eigenvalue weighted by molar-refractivity contribution is -0.105. The van der Waals surface area contributed by atoms with Gasteiger partial charge in [0.2, 0.25) is 6.41 Å². The van der Waals surface area contributed by atoms with Gasteiger partial charge in [0.25, 0.3) is 0 Å². The first-order valence-electron chi connectivity index (χ1n) is 6.66. The van der Waals surface area contributed by atoms with Gasteiger partial charge in [-0.2, -0.15) is 5.26 Å². The monoisotopic (exact) mass is 326 g/mol. The van der Waals surface area contributed by atoms with Crippen LogP contribution in [0.15, 0.2) is 42.5 Å². The molecule has 0 saturated heterocycles. The standard InChI is InChI=1S/C9H8O4.C8H6N2O/c1-5-4-6(8(10)11)2-3-7(5)9(12)13;9-5-7-1-3-8(4-2-7)10-6-11/h2-4H,1H3,(H,10,11)(H,12,13);1-4,6H,(H,10,11). The summed E-state index contributed by atoms with van der Waals surface area (Å²) in [6, 6.07) is 12.5. The van der Waals surface area contributed by atoms with E-state index in [0.29, 0.717) is 23.2 Å². The Balaban J connectivity index is 0.000000243. The third-order valence-electron chi connectivity index (χ3n) is 2.94.